The Morgan fingerprint density at radius 3 is 1.58 bits per heavy atom. The SMILES string of the molecule is CC(C)(C)c1ccc2nc(-c3ccccc3)c(-c3ccccc3)nc2c1. The van der Waals surface area contributed by atoms with Crippen LogP contribution in [0.25, 0.3) is 33.5 Å². The van der Waals surface area contributed by atoms with Crippen LogP contribution >= 0.6 is 0 Å². The van der Waals surface area contributed by atoms with Crippen LogP contribution in [0.1, 0.15) is 26.3 Å². The average molecular weight is 338 g/mol. The van der Waals surface area contributed by atoms with Gasteiger partial charge in [-0.3, -0.25) is 0 Å². The maximum atomic E-state index is 5.03. The van der Waals surface area contributed by atoms with E-state index in [2.05, 4.69) is 63.2 Å². The highest BCUT2D eigenvalue weighted by atomic mass is 14.8. The van der Waals surface area contributed by atoms with Gasteiger partial charge in [-0.25, -0.2) is 9.97 Å². The first-order chi connectivity index (χ1) is 12.5. The van der Waals surface area contributed by atoms with Crippen LogP contribution in [0.5, 0.6) is 0 Å². The number of hydrogen-bond acceptors (Lipinski definition) is 2. The molecule has 0 spiro atoms. The summed E-state index contributed by atoms with van der Waals surface area (Å²) < 4.78 is 0. The Kier molecular flexibility index (Phi) is 4.04. The molecule has 0 aliphatic carbocycles. The molecule has 0 saturated heterocycles. The molecule has 2 heteroatoms. The Morgan fingerprint density at radius 1 is 0.577 bits per heavy atom. The minimum absolute atomic E-state index is 0.0842. The molecular formula is C24H22N2. The van der Waals surface area contributed by atoms with Crippen molar-refractivity contribution in [1.29, 1.82) is 0 Å². The summed E-state index contributed by atoms with van der Waals surface area (Å²) in [6.07, 6.45) is 0. The summed E-state index contributed by atoms with van der Waals surface area (Å²) in [5.74, 6) is 0. The van der Waals surface area contributed by atoms with Crippen LogP contribution in [-0.2, 0) is 5.41 Å². The standard InChI is InChI=1S/C24H22N2/c1-24(2,3)19-14-15-20-21(16-19)26-23(18-12-8-5-9-13-18)22(25-20)17-10-6-4-7-11-17/h4-16H,1-3H3. The van der Waals surface area contributed by atoms with Gasteiger partial charge < -0.3 is 0 Å². The molecule has 0 radical (unpaired) electrons. The summed E-state index contributed by atoms with van der Waals surface area (Å²) in [5.41, 5.74) is 7.24. The minimum Gasteiger partial charge on any atom is -0.244 e. The second-order valence-electron chi connectivity index (χ2n) is 7.61. The Balaban J connectivity index is 2.00. The number of rotatable bonds is 2. The maximum Gasteiger partial charge on any atom is 0.0973 e. The van der Waals surface area contributed by atoms with Gasteiger partial charge in [0.25, 0.3) is 0 Å². The highest BCUT2D eigenvalue weighted by Gasteiger charge is 2.17. The van der Waals surface area contributed by atoms with Crippen molar-refractivity contribution in [2.75, 3.05) is 0 Å². The quantitative estimate of drug-likeness (QED) is 0.431. The predicted octanol–water partition coefficient (Wildman–Crippen LogP) is 6.26. The van der Waals surface area contributed by atoms with E-state index in [1.165, 1.54) is 5.56 Å². The molecule has 0 fully saturated rings. The van der Waals surface area contributed by atoms with Crippen molar-refractivity contribution in [1.82, 2.24) is 9.97 Å². The molecule has 2 nitrogen and oxygen atoms in total. The van der Waals surface area contributed by atoms with Crippen LogP contribution in [0.2, 0.25) is 0 Å². The largest absolute Gasteiger partial charge is 0.244 e. The van der Waals surface area contributed by atoms with Gasteiger partial charge in [-0.1, -0.05) is 87.5 Å². The van der Waals surface area contributed by atoms with E-state index < -0.39 is 0 Å². The van der Waals surface area contributed by atoms with Crippen LogP contribution < -0.4 is 0 Å². The Labute approximate surface area is 154 Å². The van der Waals surface area contributed by atoms with Gasteiger partial charge in [-0.05, 0) is 23.1 Å². The molecule has 4 aromatic rings. The first-order valence-corrected chi connectivity index (χ1v) is 8.95. The fourth-order valence-electron chi connectivity index (χ4n) is 3.12. The molecule has 3 aromatic carbocycles. The van der Waals surface area contributed by atoms with Gasteiger partial charge in [0.15, 0.2) is 0 Å². The van der Waals surface area contributed by atoms with Crippen molar-refractivity contribution in [3.8, 4) is 22.5 Å². The van der Waals surface area contributed by atoms with Gasteiger partial charge in [0.1, 0.15) is 0 Å². The third-order valence-corrected chi connectivity index (χ3v) is 4.62. The lowest BCUT2D eigenvalue weighted by Gasteiger charge is -2.19. The van der Waals surface area contributed by atoms with Crippen molar-refractivity contribution < 1.29 is 0 Å². The molecule has 128 valence electrons. The number of hydrogen-bond donors (Lipinski definition) is 0. The fraction of sp³-hybridized carbons (Fsp3) is 0.167. The van der Waals surface area contributed by atoms with E-state index >= 15 is 0 Å². The van der Waals surface area contributed by atoms with Gasteiger partial charge in [0.2, 0.25) is 0 Å². The average Bonchev–Trinajstić information content (AvgIpc) is 2.67. The van der Waals surface area contributed by atoms with E-state index in [-0.39, 0.29) is 5.41 Å². The topological polar surface area (TPSA) is 25.8 Å². The lowest BCUT2D eigenvalue weighted by molar-refractivity contribution is 0.591. The normalized spacial score (nSPS) is 11.7. The van der Waals surface area contributed by atoms with E-state index in [0.29, 0.717) is 0 Å². The van der Waals surface area contributed by atoms with Crippen molar-refractivity contribution in [2.24, 2.45) is 0 Å². The third-order valence-electron chi connectivity index (χ3n) is 4.62. The van der Waals surface area contributed by atoms with Gasteiger partial charge in [-0.2, -0.15) is 0 Å². The second kappa shape index (κ2) is 6.38. The third kappa shape index (κ3) is 3.11. The van der Waals surface area contributed by atoms with E-state index in [1.807, 2.05) is 36.4 Å². The van der Waals surface area contributed by atoms with Crippen molar-refractivity contribution in [3.05, 3.63) is 84.4 Å². The fourth-order valence-corrected chi connectivity index (χ4v) is 3.12. The Hall–Kier alpha value is -3.00. The zero-order chi connectivity index (χ0) is 18.1. The summed E-state index contributed by atoms with van der Waals surface area (Å²) in [6, 6.07) is 27.0. The summed E-state index contributed by atoms with van der Waals surface area (Å²) in [5, 5.41) is 0. The molecule has 0 unspecified atom stereocenters. The smallest absolute Gasteiger partial charge is 0.0973 e. The van der Waals surface area contributed by atoms with Gasteiger partial charge in [-0.15, -0.1) is 0 Å². The second-order valence-corrected chi connectivity index (χ2v) is 7.61. The van der Waals surface area contributed by atoms with Crippen LogP contribution in [0, 0.1) is 0 Å². The van der Waals surface area contributed by atoms with Crippen LogP contribution in [-0.4, -0.2) is 9.97 Å². The molecule has 4 rings (SSSR count). The van der Waals surface area contributed by atoms with Crippen LogP contribution in [0.15, 0.2) is 78.9 Å². The highest BCUT2D eigenvalue weighted by Crippen LogP contribution is 2.32. The highest BCUT2D eigenvalue weighted by molar-refractivity contribution is 5.86. The predicted molar refractivity (Wildman–Crippen MR) is 109 cm³/mol. The zero-order valence-electron chi connectivity index (χ0n) is 15.4. The molecule has 0 bridgehead atoms. The summed E-state index contributed by atoms with van der Waals surface area (Å²) >= 11 is 0. The monoisotopic (exact) mass is 338 g/mol. The number of fused-ring (bicyclic) bond motifs is 1. The van der Waals surface area contributed by atoms with Gasteiger partial charge in [0.05, 0.1) is 22.4 Å². The first-order valence-electron chi connectivity index (χ1n) is 8.95. The van der Waals surface area contributed by atoms with E-state index in [0.717, 1.165) is 33.5 Å². The molecule has 26 heavy (non-hydrogen) atoms. The molecular weight excluding hydrogens is 316 g/mol. The van der Waals surface area contributed by atoms with Crippen LogP contribution in [0.3, 0.4) is 0 Å². The molecule has 0 N–H and O–H groups in total. The lowest BCUT2D eigenvalue weighted by Crippen LogP contribution is -2.11. The number of benzene rings is 3. The molecule has 1 aromatic heterocycles. The zero-order valence-corrected chi connectivity index (χ0v) is 15.4. The first kappa shape index (κ1) is 16.5. The van der Waals surface area contributed by atoms with E-state index in [1.54, 1.807) is 0 Å². The number of nitrogens with zero attached hydrogens (tertiary/aromatic N) is 2. The summed E-state index contributed by atoms with van der Waals surface area (Å²) in [4.78, 5) is 10.0. The summed E-state index contributed by atoms with van der Waals surface area (Å²) in [7, 11) is 0. The van der Waals surface area contributed by atoms with Crippen molar-refractivity contribution in [3.63, 3.8) is 0 Å². The van der Waals surface area contributed by atoms with Gasteiger partial charge in [0, 0.05) is 11.1 Å². The van der Waals surface area contributed by atoms with E-state index in [9.17, 15) is 0 Å². The van der Waals surface area contributed by atoms with Gasteiger partial charge >= 0.3 is 0 Å². The molecule has 1 heterocycles. The maximum absolute atomic E-state index is 5.03. The minimum atomic E-state index is 0.0842. The Morgan fingerprint density at radius 2 is 1.08 bits per heavy atom. The van der Waals surface area contributed by atoms with E-state index in [4.69, 9.17) is 9.97 Å². The molecule has 0 aliphatic heterocycles. The van der Waals surface area contributed by atoms with Crippen molar-refractivity contribution in [2.45, 2.75) is 26.2 Å². The van der Waals surface area contributed by atoms with Crippen molar-refractivity contribution >= 4 is 11.0 Å². The molecule has 0 aliphatic rings. The molecule has 0 saturated carbocycles. The number of aromatic nitrogens is 2. The lowest BCUT2D eigenvalue weighted by atomic mass is 9.87. The van der Waals surface area contributed by atoms with Crippen LogP contribution in [0.4, 0.5) is 0 Å². The molecule has 0 atom stereocenters. The Bertz CT molecular complexity index is 1050. The molecule has 0 amide bonds. The summed E-state index contributed by atoms with van der Waals surface area (Å²) in [6.45, 7) is 6.66.